The molecule has 0 fully saturated rings. The minimum Gasteiger partial charge on any atom is -0.494 e. The van der Waals surface area contributed by atoms with Gasteiger partial charge in [-0.15, -0.1) is 16.1 Å². The van der Waals surface area contributed by atoms with Gasteiger partial charge in [0.25, 0.3) is 0 Å². The van der Waals surface area contributed by atoms with Crippen molar-refractivity contribution in [1.82, 2.24) is 29.7 Å². The molecular formula is C28H30N6O5S. The molecule has 11 nitrogen and oxygen atoms in total. The van der Waals surface area contributed by atoms with Crippen molar-refractivity contribution >= 4 is 9.84 Å². The first-order valence-electron chi connectivity index (χ1n) is 12.3. The number of sulfone groups is 1. The zero-order valence-electron chi connectivity index (χ0n) is 23.1. The summed E-state index contributed by atoms with van der Waals surface area (Å²) in [5.74, 6) is 6.87. The van der Waals surface area contributed by atoms with E-state index in [1.165, 1.54) is 33.7 Å². The smallest absolute Gasteiger partial charge is 0.170 e. The van der Waals surface area contributed by atoms with Crippen LogP contribution in [0.1, 0.15) is 42.7 Å². The fourth-order valence-corrected chi connectivity index (χ4v) is 5.68. The van der Waals surface area contributed by atoms with Crippen LogP contribution in [0.5, 0.6) is 11.5 Å². The Morgan fingerprint density at radius 3 is 2.25 bits per heavy atom. The second kappa shape index (κ2) is 12.2. The van der Waals surface area contributed by atoms with E-state index in [2.05, 4.69) is 37.0 Å². The van der Waals surface area contributed by atoms with Gasteiger partial charge in [-0.2, -0.15) is 0 Å². The molecule has 4 aromatic rings. The van der Waals surface area contributed by atoms with Gasteiger partial charge in [0.15, 0.2) is 27.3 Å². The van der Waals surface area contributed by atoms with Gasteiger partial charge in [0.2, 0.25) is 0 Å². The van der Waals surface area contributed by atoms with Crippen LogP contribution in [0.4, 0.5) is 0 Å². The zero-order valence-corrected chi connectivity index (χ0v) is 23.9. The molecule has 0 aliphatic rings. The Hall–Kier alpha value is -4.34. The number of aryl methyl sites for hydroxylation is 1. The average molecular weight is 563 g/mol. The fourth-order valence-electron chi connectivity index (χ4n) is 4.26. The molecule has 40 heavy (non-hydrogen) atoms. The molecule has 0 spiro atoms. The minimum absolute atomic E-state index is 0.162. The van der Waals surface area contributed by atoms with Gasteiger partial charge in [0.05, 0.1) is 25.0 Å². The van der Waals surface area contributed by atoms with Gasteiger partial charge in [-0.1, -0.05) is 12.0 Å². The highest BCUT2D eigenvalue weighted by Gasteiger charge is 2.35. The third-order valence-electron chi connectivity index (χ3n) is 6.26. The summed E-state index contributed by atoms with van der Waals surface area (Å²) in [6.45, 7) is 5.17. The summed E-state index contributed by atoms with van der Waals surface area (Å²) >= 11 is 0. The molecule has 1 aromatic carbocycles. The Bertz CT molecular complexity index is 1640. The minimum atomic E-state index is -3.89. The Balaban J connectivity index is 1.81. The lowest BCUT2D eigenvalue weighted by molar-refractivity contribution is 0.0948. The Kier molecular flexibility index (Phi) is 8.77. The molecule has 0 bridgehead atoms. The second-order valence-electron chi connectivity index (χ2n) is 8.91. The molecule has 0 saturated carbocycles. The number of para-hydroxylation sites is 1. The van der Waals surface area contributed by atoms with Crippen molar-refractivity contribution in [3.63, 3.8) is 0 Å². The van der Waals surface area contributed by atoms with E-state index in [0.29, 0.717) is 34.1 Å². The highest BCUT2D eigenvalue weighted by atomic mass is 32.2. The summed E-state index contributed by atoms with van der Waals surface area (Å²) in [6.07, 6.45) is 5.51. The number of nitrogens with zero attached hydrogens (tertiary/aromatic N) is 6. The van der Waals surface area contributed by atoms with E-state index in [0.717, 1.165) is 5.56 Å². The lowest BCUT2D eigenvalue weighted by Gasteiger charge is -2.22. The van der Waals surface area contributed by atoms with Crippen LogP contribution in [0.2, 0.25) is 0 Å². The van der Waals surface area contributed by atoms with E-state index >= 15 is 0 Å². The van der Waals surface area contributed by atoms with Crippen LogP contribution in [0.15, 0.2) is 49.1 Å². The highest BCUT2D eigenvalue weighted by Crippen LogP contribution is 2.37. The average Bonchev–Trinajstić information content (AvgIpc) is 3.36. The SMILES string of the molecule is CC#Cc1cnc([C@@H](OC)[C@H](C)S(=O)(=O)Cc2nnc(-c3cncc(C)c3)n2-c2c(OC)cccc2OC)nc1. The van der Waals surface area contributed by atoms with Gasteiger partial charge in [-0.25, -0.2) is 18.4 Å². The molecule has 12 heteroatoms. The number of rotatable bonds is 10. The number of hydrogen-bond donors (Lipinski definition) is 0. The molecule has 208 valence electrons. The predicted molar refractivity (Wildman–Crippen MR) is 149 cm³/mol. The summed E-state index contributed by atoms with van der Waals surface area (Å²) in [5.41, 5.74) is 2.64. The van der Waals surface area contributed by atoms with E-state index in [4.69, 9.17) is 14.2 Å². The summed E-state index contributed by atoms with van der Waals surface area (Å²) in [5, 5.41) is 7.67. The van der Waals surface area contributed by atoms with Crippen molar-refractivity contribution in [3.05, 3.63) is 71.8 Å². The van der Waals surface area contributed by atoms with Crippen molar-refractivity contribution in [2.45, 2.75) is 37.9 Å². The maximum absolute atomic E-state index is 13.8. The van der Waals surface area contributed by atoms with E-state index in [1.807, 2.05) is 13.0 Å². The van der Waals surface area contributed by atoms with Gasteiger partial charge >= 0.3 is 0 Å². The molecule has 4 rings (SSSR count). The molecule has 3 aromatic heterocycles. The normalized spacial score (nSPS) is 12.8. The monoisotopic (exact) mass is 562 g/mol. The van der Waals surface area contributed by atoms with Crippen LogP contribution in [-0.2, 0) is 20.3 Å². The first kappa shape index (κ1) is 28.7. The fraction of sp³-hybridized carbons (Fsp3) is 0.321. The summed E-state index contributed by atoms with van der Waals surface area (Å²) in [4.78, 5) is 12.9. The van der Waals surface area contributed by atoms with Crippen molar-refractivity contribution in [2.75, 3.05) is 21.3 Å². The van der Waals surface area contributed by atoms with E-state index < -0.39 is 26.9 Å². The largest absolute Gasteiger partial charge is 0.494 e. The van der Waals surface area contributed by atoms with E-state index in [1.54, 1.807) is 49.0 Å². The van der Waals surface area contributed by atoms with Crippen molar-refractivity contribution in [3.8, 4) is 40.4 Å². The van der Waals surface area contributed by atoms with Gasteiger partial charge in [-0.3, -0.25) is 9.55 Å². The maximum atomic E-state index is 13.8. The lowest BCUT2D eigenvalue weighted by Crippen LogP contribution is -2.30. The molecule has 0 N–H and O–H groups in total. The molecular weight excluding hydrogens is 532 g/mol. The van der Waals surface area contributed by atoms with Crippen molar-refractivity contribution in [1.29, 1.82) is 0 Å². The Morgan fingerprint density at radius 2 is 1.68 bits per heavy atom. The van der Waals surface area contributed by atoms with Crippen LogP contribution in [0, 0.1) is 18.8 Å². The number of pyridine rings is 1. The van der Waals surface area contributed by atoms with Gasteiger partial charge in [0, 0.05) is 37.5 Å². The van der Waals surface area contributed by atoms with Crippen molar-refractivity contribution < 1.29 is 22.6 Å². The highest BCUT2D eigenvalue weighted by molar-refractivity contribution is 7.91. The summed E-state index contributed by atoms with van der Waals surface area (Å²) in [7, 11) is 0.575. The summed E-state index contributed by atoms with van der Waals surface area (Å²) < 4.78 is 46.1. The number of hydrogen-bond acceptors (Lipinski definition) is 10. The number of aromatic nitrogens is 6. The molecule has 0 saturated heterocycles. The Labute approximate surface area is 233 Å². The molecule has 0 aliphatic heterocycles. The number of ether oxygens (including phenoxy) is 3. The third-order valence-corrected chi connectivity index (χ3v) is 8.30. The molecule has 0 unspecified atom stereocenters. The third kappa shape index (κ3) is 5.80. The quantitative estimate of drug-likeness (QED) is 0.265. The maximum Gasteiger partial charge on any atom is 0.170 e. The summed E-state index contributed by atoms with van der Waals surface area (Å²) in [6, 6.07) is 7.17. The molecule has 0 aliphatic carbocycles. The Morgan fingerprint density at radius 1 is 1.00 bits per heavy atom. The van der Waals surface area contributed by atoms with Crippen LogP contribution < -0.4 is 9.47 Å². The van der Waals surface area contributed by atoms with Crippen LogP contribution in [0.3, 0.4) is 0 Å². The van der Waals surface area contributed by atoms with Crippen LogP contribution in [-0.4, -0.2) is 64.7 Å². The molecule has 3 heterocycles. The lowest BCUT2D eigenvalue weighted by atomic mass is 10.2. The standard InChI is InChI=1S/C28H30N6O5S/c1-7-9-20-14-30-27(31-15-20)26(39-6)19(3)40(35,36)17-24-32-33-28(21-12-18(2)13-29-16-21)34(24)25-22(37-4)10-8-11-23(25)38-5/h8,10-16,19,26H,17H2,1-6H3/t19-,26-/m0/s1. The van der Waals surface area contributed by atoms with Gasteiger partial charge in [0.1, 0.15) is 29.0 Å². The number of methoxy groups -OCH3 is 3. The molecule has 0 amide bonds. The first-order valence-corrected chi connectivity index (χ1v) is 14.0. The second-order valence-corrected chi connectivity index (χ2v) is 11.3. The number of benzene rings is 1. The zero-order chi connectivity index (χ0) is 28.9. The predicted octanol–water partition coefficient (Wildman–Crippen LogP) is 3.51. The van der Waals surface area contributed by atoms with E-state index in [9.17, 15) is 8.42 Å². The van der Waals surface area contributed by atoms with Gasteiger partial charge in [-0.05, 0) is 44.5 Å². The first-order chi connectivity index (χ1) is 19.2. The molecule has 0 radical (unpaired) electrons. The van der Waals surface area contributed by atoms with E-state index in [-0.39, 0.29) is 11.6 Å². The van der Waals surface area contributed by atoms with Crippen molar-refractivity contribution in [2.24, 2.45) is 0 Å². The molecule has 2 atom stereocenters. The van der Waals surface area contributed by atoms with Crippen LogP contribution in [0.25, 0.3) is 17.1 Å². The topological polar surface area (TPSA) is 131 Å². The van der Waals surface area contributed by atoms with Gasteiger partial charge < -0.3 is 14.2 Å². The van der Waals surface area contributed by atoms with Crippen LogP contribution >= 0.6 is 0 Å².